The van der Waals surface area contributed by atoms with Crippen LogP contribution in [0.2, 0.25) is 0 Å². The first-order chi connectivity index (χ1) is 15.7. The number of methoxy groups -OCH3 is 1. The van der Waals surface area contributed by atoms with Crippen molar-refractivity contribution in [2.75, 3.05) is 7.11 Å². The molecule has 0 bridgehead atoms. The van der Waals surface area contributed by atoms with E-state index in [4.69, 9.17) is 9.26 Å². The quantitative estimate of drug-likeness (QED) is 0.290. The highest BCUT2D eigenvalue weighted by atomic mass is 32.2. The third-order valence-electron chi connectivity index (χ3n) is 4.85. The van der Waals surface area contributed by atoms with Crippen molar-refractivity contribution in [1.82, 2.24) is 24.9 Å². The van der Waals surface area contributed by atoms with Crippen molar-refractivity contribution in [3.63, 3.8) is 0 Å². The number of thioether (sulfide) groups is 1. The zero-order chi connectivity index (χ0) is 21.9. The lowest BCUT2D eigenvalue weighted by Gasteiger charge is -2.12. The Labute approximate surface area is 193 Å². The fourth-order valence-corrected chi connectivity index (χ4v) is 4.67. The molecule has 3 aromatic heterocycles. The van der Waals surface area contributed by atoms with Crippen molar-refractivity contribution in [2.45, 2.75) is 17.8 Å². The van der Waals surface area contributed by atoms with Gasteiger partial charge in [-0.15, -0.1) is 10.2 Å². The number of thiophene rings is 1. The van der Waals surface area contributed by atoms with E-state index in [9.17, 15) is 0 Å². The maximum absolute atomic E-state index is 5.57. The normalized spacial score (nSPS) is 11.1. The highest BCUT2D eigenvalue weighted by Crippen LogP contribution is 2.34. The third kappa shape index (κ3) is 4.04. The van der Waals surface area contributed by atoms with Crippen LogP contribution < -0.4 is 4.74 Å². The Kier molecular flexibility index (Phi) is 5.74. The van der Waals surface area contributed by atoms with Crippen molar-refractivity contribution in [1.29, 1.82) is 0 Å². The largest absolute Gasteiger partial charge is 0.496 e. The van der Waals surface area contributed by atoms with Gasteiger partial charge in [0.15, 0.2) is 11.0 Å². The van der Waals surface area contributed by atoms with Crippen molar-refractivity contribution < 1.29 is 9.26 Å². The van der Waals surface area contributed by atoms with Crippen LogP contribution in [-0.4, -0.2) is 32.0 Å². The molecule has 0 atom stereocenters. The molecule has 0 spiro atoms. The molecule has 0 saturated carbocycles. The molecule has 160 valence electrons. The Hall–Kier alpha value is -3.43. The fourth-order valence-electron chi connectivity index (χ4n) is 3.24. The summed E-state index contributed by atoms with van der Waals surface area (Å²) in [4.78, 5) is 4.50. The van der Waals surface area contributed by atoms with Crippen LogP contribution in [0.3, 0.4) is 0 Å². The first kappa shape index (κ1) is 20.5. The fraction of sp³-hybridized carbons (Fsp3) is 0.130. The molecule has 0 fully saturated rings. The van der Waals surface area contributed by atoms with E-state index in [2.05, 4.69) is 51.5 Å². The number of aromatic nitrogens is 5. The van der Waals surface area contributed by atoms with Crippen LogP contribution in [0, 0.1) is 6.92 Å². The lowest BCUT2D eigenvalue weighted by Crippen LogP contribution is -2.01. The summed E-state index contributed by atoms with van der Waals surface area (Å²) in [6, 6.07) is 18.0. The van der Waals surface area contributed by atoms with Gasteiger partial charge in [0.1, 0.15) is 5.75 Å². The smallest absolute Gasteiger partial charge is 0.237 e. The van der Waals surface area contributed by atoms with Gasteiger partial charge in [-0.3, -0.25) is 4.57 Å². The second-order valence-electron chi connectivity index (χ2n) is 6.99. The monoisotopic (exact) mass is 461 g/mol. The average molecular weight is 462 g/mol. The minimum Gasteiger partial charge on any atom is -0.496 e. The van der Waals surface area contributed by atoms with Crippen molar-refractivity contribution >= 4 is 23.1 Å². The Morgan fingerprint density at radius 2 is 1.91 bits per heavy atom. The van der Waals surface area contributed by atoms with E-state index in [0.717, 1.165) is 27.7 Å². The molecule has 2 aromatic carbocycles. The number of hydrogen-bond acceptors (Lipinski definition) is 8. The van der Waals surface area contributed by atoms with Crippen LogP contribution in [-0.2, 0) is 5.75 Å². The summed E-state index contributed by atoms with van der Waals surface area (Å²) in [5.74, 6) is 3.05. The number of hydrogen-bond donors (Lipinski definition) is 0. The van der Waals surface area contributed by atoms with Crippen molar-refractivity contribution in [3.8, 4) is 34.2 Å². The summed E-state index contributed by atoms with van der Waals surface area (Å²) < 4.78 is 13.0. The highest BCUT2D eigenvalue weighted by Gasteiger charge is 2.20. The first-order valence-electron chi connectivity index (χ1n) is 9.87. The molecule has 0 aliphatic heterocycles. The molecule has 0 amide bonds. The summed E-state index contributed by atoms with van der Waals surface area (Å²) >= 11 is 3.09. The lowest BCUT2D eigenvalue weighted by atomic mass is 10.1. The Morgan fingerprint density at radius 1 is 1.06 bits per heavy atom. The summed E-state index contributed by atoms with van der Waals surface area (Å²) in [5.41, 5.74) is 3.97. The molecule has 0 aliphatic rings. The van der Waals surface area contributed by atoms with Gasteiger partial charge in [-0.25, -0.2) is 0 Å². The van der Waals surface area contributed by atoms with E-state index in [0.29, 0.717) is 23.3 Å². The standard InChI is InChI=1S/C23H19N5O2S2/c1-15-7-9-17(10-8-15)28-22(18-5-3-4-6-19(18)29-2)25-26-23(28)32-14-20-24-21(27-30-20)16-11-12-31-13-16/h3-13H,14H2,1-2H3. The van der Waals surface area contributed by atoms with E-state index in [1.165, 1.54) is 17.3 Å². The minimum atomic E-state index is 0.479. The Balaban J connectivity index is 1.49. The number of ether oxygens (including phenoxy) is 1. The van der Waals surface area contributed by atoms with E-state index < -0.39 is 0 Å². The zero-order valence-electron chi connectivity index (χ0n) is 17.4. The Morgan fingerprint density at radius 3 is 2.69 bits per heavy atom. The summed E-state index contributed by atoms with van der Waals surface area (Å²) in [5, 5.41) is 17.8. The van der Waals surface area contributed by atoms with Gasteiger partial charge in [-0.05, 0) is 42.6 Å². The van der Waals surface area contributed by atoms with Crippen LogP contribution in [0.1, 0.15) is 11.5 Å². The predicted molar refractivity (Wildman–Crippen MR) is 125 cm³/mol. The second kappa shape index (κ2) is 8.97. The van der Waals surface area contributed by atoms with Crippen molar-refractivity contribution in [2.24, 2.45) is 0 Å². The molecule has 0 saturated heterocycles. The molecule has 0 radical (unpaired) electrons. The second-order valence-corrected chi connectivity index (χ2v) is 8.71. The van der Waals surface area contributed by atoms with Gasteiger partial charge in [0.05, 0.1) is 18.4 Å². The first-order valence-corrected chi connectivity index (χ1v) is 11.8. The molecular weight excluding hydrogens is 442 g/mol. The van der Waals surface area contributed by atoms with Gasteiger partial charge in [0.2, 0.25) is 11.7 Å². The number of benzene rings is 2. The average Bonchev–Trinajstić information content (AvgIpc) is 3.59. The van der Waals surface area contributed by atoms with Gasteiger partial charge in [0.25, 0.3) is 0 Å². The van der Waals surface area contributed by atoms with Gasteiger partial charge in [-0.1, -0.05) is 46.7 Å². The van der Waals surface area contributed by atoms with Gasteiger partial charge in [-0.2, -0.15) is 16.3 Å². The molecule has 5 aromatic rings. The van der Waals surface area contributed by atoms with Crippen molar-refractivity contribution in [3.05, 3.63) is 76.8 Å². The van der Waals surface area contributed by atoms with Crippen LogP contribution in [0.5, 0.6) is 5.75 Å². The van der Waals surface area contributed by atoms with E-state index in [1.54, 1.807) is 18.4 Å². The number of nitrogens with zero attached hydrogens (tertiary/aromatic N) is 5. The molecule has 3 heterocycles. The topological polar surface area (TPSA) is 78.9 Å². The molecule has 0 aliphatic carbocycles. The molecule has 0 unspecified atom stereocenters. The lowest BCUT2D eigenvalue weighted by molar-refractivity contribution is 0.391. The van der Waals surface area contributed by atoms with E-state index in [1.807, 2.05) is 45.7 Å². The minimum absolute atomic E-state index is 0.479. The maximum atomic E-state index is 5.57. The van der Waals surface area contributed by atoms with Gasteiger partial charge < -0.3 is 9.26 Å². The maximum Gasteiger partial charge on any atom is 0.237 e. The summed E-state index contributed by atoms with van der Waals surface area (Å²) in [6.07, 6.45) is 0. The van der Waals surface area contributed by atoms with E-state index in [-0.39, 0.29) is 0 Å². The molecular formula is C23H19N5O2S2. The van der Waals surface area contributed by atoms with E-state index >= 15 is 0 Å². The molecule has 9 heteroatoms. The van der Waals surface area contributed by atoms with Crippen LogP contribution in [0.15, 0.2) is 75.0 Å². The zero-order valence-corrected chi connectivity index (χ0v) is 19.1. The SMILES string of the molecule is COc1ccccc1-c1nnc(SCc2nc(-c3ccsc3)no2)n1-c1ccc(C)cc1. The molecule has 0 N–H and O–H groups in total. The summed E-state index contributed by atoms with van der Waals surface area (Å²) in [6.45, 7) is 2.06. The van der Waals surface area contributed by atoms with Crippen LogP contribution in [0.25, 0.3) is 28.5 Å². The highest BCUT2D eigenvalue weighted by molar-refractivity contribution is 7.98. The van der Waals surface area contributed by atoms with Crippen LogP contribution >= 0.6 is 23.1 Å². The number of para-hydroxylation sites is 1. The molecule has 5 rings (SSSR count). The molecule has 7 nitrogen and oxygen atoms in total. The van der Waals surface area contributed by atoms with Gasteiger partial charge in [0, 0.05) is 16.6 Å². The number of aryl methyl sites for hydroxylation is 1. The summed E-state index contributed by atoms with van der Waals surface area (Å²) in [7, 11) is 1.65. The van der Waals surface area contributed by atoms with Gasteiger partial charge >= 0.3 is 0 Å². The van der Waals surface area contributed by atoms with Crippen LogP contribution in [0.4, 0.5) is 0 Å². The number of rotatable bonds is 7. The predicted octanol–water partition coefficient (Wildman–Crippen LogP) is 5.66. The molecule has 32 heavy (non-hydrogen) atoms. The Bertz CT molecular complexity index is 1330. The third-order valence-corrected chi connectivity index (χ3v) is 6.44.